The quantitative estimate of drug-likeness (QED) is 0.839. The molecule has 3 nitrogen and oxygen atoms in total. The molecule has 0 saturated heterocycles. The first-order valence-electron chi connectivity index (χ1n) is 7.08. The third-order valence-corrected chi connectivity index (χ3v) is 5.50. The van der Waals surface area contributed by atoms with Crippen molar-refractivity contribution in [3.8, 4) is 0 Å². The fourth-order valence-electron chi connectivity index (χ4n) is 3.12. The second-order valence-electron chi connectivity index (χ2n) is 6.02. The van der Waals surface area contributed by atoms with E-state index in [1.807, 2.05) is 11.4 Å². The number of carbonyl (C=O) groups is 1. The van der Waals surface area contributed by atoms with Crippen LogP contribution in [0.4, 0.5) is 0 Å². The Labute approximate surface area is 118 Å². The Bertz CT molecular complexity index is 518. The predicted octanol–water partition coefficient (Wildman–Crippen LogP) is 3.78. The zero-order valence-electron chi connectivity index (χ0n) is 11.5. The molecule has 4 heteroatoms. The van der Waals surface area contributed by atoms with Crippen molar-refractivity contribution in [2.24, 2.45) is 16.9 Å². The molecule has 1 N–H and O–H groups in total. The number of hydrazone groups is 1. The van der Waals surface area contributed by atoms with E-state index >= 15 is 0 Å². The molecule has 2 aliphatic rings. The van der Waals surface area contributed by atoms with Gasteiger partial charge in [0.05, 0.1) is 5.56 Å². The Hall–Kier alpha value is -1.16. The van der Waals surface area contributed by atoms with Gasteiger partial charge in [0.15, 0.2) is 0 Å². The average Bonchev–Trinajstić information content (AvgIpc) is 3.10. The van der Waals surface area contributed by atoms with E-state index in [-0.39, 0.29) is 5.91 Å². The van der Waals surface area contributed by atoms with Gasteiger partial charge in [-0.1, -0.05) is 13.8 Å². The van der Waals surface area contributed by atoms with Crippen molar-refractivity contribution in [3.05, 3.63) is 21.9 Å². The Balaban J connectivity index is 1.63. The Morgan fingerprint density at radius 1 is 1.47 bits per heavy atom. The second-order valence-corrected chi connectivity index (χ2v) is 6.96. The molecule has 0 aromatic carbocycles. The van der Waals surface area contributed by atoms with E-state index in [0.29, 0.717) is 11.8 Å². The highest BCUT2D eigenvalue weighted by atomic mass is 32.1. The number of nitrogens with one attached hydrogen (secondary N) is 1. The average molecular weight is 276 g/mol. The minimum atomic E-state index is -0.0709. The van der Waals surface area contributed by atoms with Crippen LogP contribution in [-0.4, -0.2) is 11.6 Å². The lowest BCUT2D eigenvalue weighted by molar-refractivity contribution is 0.0955. The minimum Gasteiger partial charge on any atom is -0.267 e. The van der Waals surface area contributed by atoms with Crippen LogP contribution >= 0.6 is 11.3 Å². The Morgan fingerprint density at radius 3 is 2.89 bits per heavy atom. The zero-order chi connectivity index (χ0) is 13.4. The predicted molar refractivity (Wildman–Crippen MR) is 78.8 cm³/mol. The van der Waals surface area contributed by atoms with Crippen molar-refractivity contribution in [3.63, 3.8) is 0 Å². The van der Waals surface area contributed by atoms with Crippen molar-refractivity contribution in [1.82, 2.24) is 5.43 Å². The normalized spacial score (nSPS) is 27.4. The number of rotatable bonds is 3. The van der Waals surface area contributed by atoms with Gasteiger partial charge in [-0.25, -0.2) is 5.43 Å². The van der Waals surface area contributed by atoms with E-state index < -0.39 is 0 Å². The molecule has 0 unspecified atom stereocenters. The van der Waals surface area contributed by atoms with Gasteiger partial charge in [-0.05, 0) is 49.5 Å². The number of fused-ring (bicyclic) bond motifs is 2. The minimum absolute atomic E-state index is 0.0709. The molecule has 3 rings (SSSR count). The van der Waals surface area contributed by atoms with Gasteiger partial charge in [-0.3, -0.25) is 4.79 Å². The lowest BCUT2D eigenvalue weighted by Gasteiger charge is -2.11. The molecular weight excluding hydrogens is 256 g/mol. The van der Waals surface area contributed by atoms with Crippen LogP contribution in [0.15, 0.2) is 16.5 Å². The van der Waals surface area contributed by atoms with Crippen LogP contribution in [-0.2, 0) is 0 Å². The van der Waals surface area contributed by atoms with Gasteiger partial charge >= 0.3 is 0 Å². The largest absolute Gasteiger partial charge is 0.272 e. The second kappa shape index (κ2) is 5.08. The van der Waals surface area contributed by atoms with Crippen LogP contribution < -0.4 is 5.43 Å². The molecule has 2 atom stereocenters. The van der Waals surface area contributed by atoms with Crippen molar-refractivity contribution in [2.45, 2.75) is 45.4 Å². The fraction of sp³-hybridized carbons (Fsp3) is 0.600. The van der Waals surface area contributed by atoms with Gasteiger partial charge in [0, 0.05) is 16.0 Å². The van der Waals surface area contributed by atoms with Gasteiger partial charge < -0.3 is 0 Å². The van der Waals surface area contributed by atoms with E-state index in [4.69, 9.17) is 0 Å². The standard InChI is InChI=1S/C15H20N2OS/c1-9(2)14-7-12(8-19-14)15(18)17-16-13-6-10-3-4-11(13)5-10/h7-11H,3-6H2,1-2H3,(H,17,18)/b16-13+/t10-,11+/m1/s1. The number of hydrogen-bond acceptors (Lipinski definition) is 3. The summed E-state index contributed by atoms with van der Waals surface area (Å²) in [4.78, 5) is 13.3. The topological polar surface area (TPSA) is 41.5 Å². The number of hydrogen-bond donors (Lipinski definition) is 1. The van der Waals surface area contributed by atoms with Crippen LogP contribution in [0, 0.1) is 11.8 Å². The molecule has 1 aromatic rings. The summed E-state index contributed by atoms with van der Waals surface area (Å²) in [6, 6.07) is 1.98. The van der Waals surface area contributed by atoms with Crippen LogP contribution in [0.2, 0.25) is 0 Å². The first-order valence-corrected chi connectivity index (χ1v) is 7.96. The fourth-order valence-corrected chi connectivity index (χ4v) is 4.03. The van der Waals surface area contributed by atoms with Gasteiger partial charge in [0.25, 0.3) is 5.91 Å². The molecule has 0 radical (unpaired) electrons. The van der Waals surface area contributed by atoms with E-state index in [1.54, 1.807) is 11.3 Å². The van der Waals surface area contributed by atoms with Gasteiger partial charge in [0.2, 0.25) is 0 Å². The van der Waals surface area contributed by atoms with Crippen molar-refractivity contribution < 1.29 is 4.79 Å². The monoisotopic (exact) mass is 276 g/mol. The summed E-state index contributed by atoms with van der Waals surface area (Å²) in [5, 5.41) is 6.28. The van der Waals surface area contributed by atoms with Crippen LogP contribution in [0.1, 0.15) is 60.7 Å². The van der Waals surface area contributed by atoms with E-state index in [1.165, 1.54) is 29.9 Å². The highest BCUT2D eigenvalue weighted by molar-refractivity contribution is 7.10. The van der Waals surface area contributed by atoms with Gasteiger partial charge in [0.1, 0.15) is 0 Å². The van der Waals surface area contributed by atoms with Crippen LogP contribution in [0.25, 0.3) is 0 Å². The molecule has 2 aliphatic carbocycles. The number of thiophene rings is 1. The maximum atomic E-state index is 12.0. The lowest BCUT2D eigenvalue weighted by Crippen LogP contribution is -2.21. The zero-order valence-corrected chi connectivity index (χ0v) is 12.3. The Morgan fingerprint density at radius 2 is 2.32 bits per heavy atom. The van der Waals surface area contributed by atoms with Crippen LogP contribution in [0.3, 0.4) is 0 Å². The molecule has 2 fully saturated rings. The summed E-state index contributed by atoms with van der Waals surface area (Å²) in [5.74, 6) is 1.87. The third-order valence-electron chi connectivity index (χ3n) is 4.26. The molecule has 0 aliphatic heterocycles. The van der Waals surface area contributed by atoms with E-state index in [9.17, 15) is 4.79 Å². The summed E-state index contributed by atoms with van der Waals surface area (Å²) >= 11 is 1.65. The first-order chi connectivity index (χ1) is 9.13. The van der Waals surface area contributed by atoms with E-state index in [0.717, 1.165) is 17.9 Å². The van der Waals surface area contributed by atoms with Crippen LogP contribution in [0.5, 0.6) is 0 Å². The SMILES string of the molecule is CC(C)c1cc(C(=O)N/N=C2\C[C@@H]3CC[C@H]2C3)cs1. The molecule has 0 spiro atoms. The van der Waals surface area contributed by atoms with Crippen molar-refractivity contribution in [2.75, 3.05) is 0 Å². The molecule has 1 amide bonds. The molecule has 1 heterocycles. The molecule has 1 aromatic heterocycles. The molecule has 102 valence electrons. The third kappa shape index (κ3) is 2.59. The molecule has 2 saturated carbocycles. The van der Waals surface area contributed by atoms with Crippen molar-refractivity contribution >= 4 is 23.0 Å². The number of nitrogens with zero attached hydrogens (tertiary/aromatic N) is 1. The summed E-state index contributed by atoms with van der Waals surface area (Å²) < 4.78 is 0. The summed E-state index contributed by atoms with van der Waals surface area (Å²) in [7, 11) is 0. The maximum absolute atomic E-state index is 12.0. The Kier molecular flexibility index (Phi) is 3.44. The highest BCUT2D eigenvalue weighted by Gasteiger charge is 2.36. The highest BCUT2D eigenvalue weighted by Crippen LogP contribution is 2.42. The lowest BCUT2D eigenvalue weighted by atomic mass is 9.99. The van der Waals surface area contributed by atoms with Gasteiger partial charge in [-0.2, -0.15) is 5.10 Å². The number of carbonyl (C=O) groups excluding carboxylic acids is 1. The van der Waals surface area contributed by atoms with Gasteiger partial charge in [-0.15, -0.1) is 11.3 Å². The van der Waals surface area contributed by atoms with E-state index in [2.05, 4.69) is 24.4 Å². The summed E-state index contributed by atoms with van der Waals surface area (Å²) in [5.41, 5.74) is 4.68. The summed E-state index contributed by atoms with van der Waals surface area (Å²) in [6.07, 6.45) is 4.98. The number of amides is 1. The molecule has 2 bridgehead atoms. The summed E-state index contributed by atoms with van der Waals surface area (Å²) in [6.45, 7) is 4.28. The first kappa shape index (κ1) is 12.9. The smallest absolute Gasteiger partial charge is 0.267 e. The maximum Gasteiger partial charge on any atom is 0.272 e. The molecular formula is C15H20N2OS. The molecule has 19 heavy (non-hydrogen) atoms. The van der Waals surface area contributed by atoms with Crippen molar-refractivity contribution in [1.29, 1.82) is 0 Å².